The molecule has 0 aliphatic rings. The van der Waals surface area contributed by atoms with Crippen LogP contribution in [0.4, 0.5) is 0 Å². The number of Topliss-reactive ketones (excluding diaryl/α,β-unsaturated/α-hetero) is 1. The minimum Gasteiger partial charge on any atom is -0.507 e. The normalized spacial score (nSPS) is 10.5. The van der Waals surface area contributed by atoms with E-state index < -0.39 is 0 Å². The van der Waals surface area contributed by atoms with Gasteiger partial charge < -0.3 is 14.6 Å². The summed E-state index contributed by atoms with van der Waals surface area (Å²) in [5.74, 6) is 1.10. The van der Waals surface area contributed by atoms with Crippen LogP contribution in [-0.4, -0.2) is 24.1 Å². The van der Waals surface area contributed by atoms with Crippen molar-refractivity contribution in [2.24, 2.45) is 0 Å². The number of ketones is 1. The van der Waals surface area contributed by atoms with Crippen LogP contribution in [0.25, 0.3) is 0 Å². The maximum atomic E-state index is 12.3. The molecule has 0 heterocycles. The molecule has 116 valence electrons. The van der Waals surface area contributed by atoms with Crippen molar-refractivity contribution in [2.75, 3.05) is 7.11 Å². The summed E-state index contributed by atoms with van der Waals surface area (Å²) < 4.78 is 10.6. The number of hydrogen-bond donors (Lipinski definition) is 1. The first-order valence-electron chi connectivity index (χ1n) is 7.15. The summed E-state index contributed by atoms with van der Waals surface area (Å²) in [4.78, 5) is 12.3. The minimum atomic E-state index is -0.140. The Morgan fingerprint density at radius 3 is 2.27 bits per heavy atom. The summed E-state index contributed by atoms with van der Waals surface area (Å²) in [6.45, 7) is 3.81. The fourth-order valence-electron chi connectivity index (χ4n) is 2.12. The fourth-order valence-corrected chi connectivity index (χ4v) is 2.12. The van der Waals surface area contributed by atoms with Gasteiger partial charge in [-0.25, -0.2) is 0 Å². The summed E-state index contributed by atoms with van der Waals surface area (Å²) in [5, 5.41) is 10.0. The highest BCUT2D eigenvalue weighted by atomic mass is 16.5. The van der Waals surface area contributed by atoms with Crippen LogP contribution in [0.2, 0.25) is 0 Å². The molecule has 0 spiro atoms. The third kappa shape index (κ3) is 4.01. The van der Waals surface area contributed by atoms with E-state index in [1.165, 1.54) is 6.07 Å². The Bertz CT molecular complexity index is 645. The predicted octanol–water partition coefficient (Wildman–Crippen LogP) is 3.61. The third-order valence-electron chi connectivity index (χ3n) is 3.17. The molecule has 0 saturated carbocycles. The Labute approximate surface area is 130 Å². The van der Waals surface area contributed by atoms with Gasteiger partial charge in [-0.3, -0.25) is 4.79 Å². The molecule has 0 aromatic heterocycles. The summed E-state index contributed by atoms with van der Waals surface area (Å²) in [5.41, 5.74) is 1.17. The largest absolute Gasteiger partial charge is 0.507 e. The van der Waals surface area contributed by atoms with Crippen molar-refractivity contribution in [3.8, 4) is 17.2 Å². The Morgan fingerprint density at radius 1 is 1.09 bits per heavy atom. The second-order valence-electron chi connectivity index (χ2n) is 5.29. The summed E-state index contributed by atoms with van der Waals surface area (Å²) >= 11 is 0. The molecule has 0 aliphatic heterocycles. The number of benzene rings is 2. The van der Waals surface area contributed by atoms with Gasteiger partial charge in [-0.15, -0.1) is 0 Å². The van der Waals surface area contributed by atoms with Crippen molar-refractivity contribution in [2.45, 2.75) is 26.4 Å². The van der Waals surface area contributed by atoms with Gasteiger partial charge in [0.05, 0.1) is 18.8 Å². The van der Waals surface area contributed by atoms with E-state index in [0.717, 1.165) is 11.3 Å². The molecule has 0 saturated heterocycles. The van der Waals surface area contributed by atoms with E-state index in [9.17, 15) is 9.90 Å². The van der Waals surface area contributed by atoms with Gasteiger partial charge in [-0.2, -0.15) is 0 Å². The second-order valence-corrected chi connectivity index (χ2v) is 5.29. The molecule has 4 heteroatoms. The smallest absolute Gasteiger partial charge is 0.170 e. The lowest BCUT2D eigenvalue weighted by atomic mass is 10.0. The van der Waals surface area contributed by atoms with Gasteiger partial charge in [0.2, 0.25) is 0 Å². The highest BCUT2D eigenvalue weighted by molar-refractivity contribution is 6.00. The van der Waals surface area contributed by atoms with E-state index in [1.807, 2.05) is 38.1 Å². The molecule has 0 atom stereocenters. The van der Waals surface area contributed by atoms with Crippen LogP contribution in [-0.2, 0) is 6.42 Å². The van der Waals surface area contributed by atoms with Crippen molar-refractivity contribution >= 4 is 5.78 Å². The van der Waals surface area contributed by atoms with Gasteiger partial charge in [0.1, 0.15) is 17.2 Å². The van der Waals surface area contributed by atoms with Crippen LogP contribution in [0.1, 0.15) is 29.8 Å². The van der Waals surface area contributed by atoms with Gasteiger partial charge in [0.25, 0.3) is 0 Å². The lowest BCUT2D eigenvalue weighted by Gasteiger charge is -2.11. The number of ether oxygens (including phenoxy) is 2. The van der Waals surface area contributed by atoms with E-state index in [-0.39, 0.29) is 24.1 Å². The van der Waals surface area contributed by atoms with Gasteiger partial charge in [0.15, 0.2) is 5.78 Å². The van der Waals surface area contributed by atoms with Crippen LogP contribution >= 0.6 is 0 Å². The standard InChI is InChI=1S/C18H20O4/c1-12(2)22-15-8-9-16(18(20)11-15)17(19)10-13-4-6-14(21-3)7-5-13/h4-9,11-12,20H,10H2,1-3H3. The van der Waals surface area contributed by atoms with E-state index in [4.69, 9.17) is 9.47 Å². The quantitative estimate of drug-likeness (QED) is 0.828. The van der Waals surface area contributed by atoms with E-state index in [1.54, 1.807) is 19.2 Å². The Balaban J connectivity index is 2.11. The molecule has 0 amide bonds. The van der Waals surface area contributed by atoms with Crippen molar-refractivity contribution < 1.29 is 19.4 Å². The van der Waals surface area contributed by atoms with Gasteiger partial charge >= 0.3 is 0 Å². The molecule has 0 fully saturated rings. The zero-order chi connectivity index (χ0) is 16.1. The molecule has 0 radical (unpaired) electrons. The molecular weight excluding hydrogens is 280 g/mol. The molecule has 0 unspecified atom stereocenters. The maximum absolute atomic E-state index is 12.3. The SMILES string of the molecule is COc1ccc(CC(=O)c2ccc(OC(C)C)cc2O)cc1. The third-order valence-corrected chi connectivity index (χ3v) is 3.17. The predicted molar refractivity (Wildman–Crippen MR) is 84.9 cm³/mol. The summed E-state index contributed by atoms with van der Waals surface area (Å²) in [6.07, 6.45) is 0.238. The molecule has 22 heavy (non-hydrogen) atoms. The Hall–Kier alpha value is -2.49. The average molecular weight is 300 g/mol. The summed E-state index contributed by atoms with van der Waals surface area (Å²) in [7, 11) is 1.60. The number of carbonyl (C=O) groups is 1. The molecule has 0 bridgehead atoms. The number of methoxy groups -OCH3 is 1. The zero-order valence-electron chi connectivity index (χ0n) is 13.0. The van der Waals surface area contributed by atoms with Crippen molar-refractivity contribution in [1.29, 1.82) is 0 Å². The van der Waals surface area contributed by atoms with Gasteiger partial charge in [-0.1, -0.05) is 12.1 Å². The Kier molecular flexibility index (Phi) is 5.04. The maximum Gasteiger partial charge on any atom is 0.170 e. The van der Waals surface area contributed by atoms with Crippen LogP contribution in [0.5, 0.6) is 17.2 Å². The average Bonchev–Trinajstić information content (AvgIpc) is 2.47. The molecule has 2 aromatic rings. The zero-order valence-corrected chi connectivity index (χ0v) is 13.0. The topological polar surface area (TPSA) is 55.8 Å². The van der Waals surface area contributed by atoms with Crippen molar-refractivity contribution in [3.63, 3.8) is 0 Å². The van der Waals surface area contributed by atoms with Crippen LogP contribution in [0.15, 0.2) is 42.5 Å². The number of phenols is 1. The lowest BCUT2D eigenvalue weighted by Crippen LogP contribution is -2.07. The van der Waals surface area contributed by atoms with Crippen LogP contribution in [0.3, 0.4) is 0 Å². The van der Waals surface area contributed by atoms with Gasteiger partial charge in [-0.05, 0) is 43.7 Å². The Morgan fingerprint density at radius 2 is 1.73 bits per heavy atom. The first-order chi connectivity index (χ1) is 10.5. The number of carbonyl (C=O) groups excluding carboxylic acids is 1. The molecule has 2 rings (SSSR count). The van der Waals surface area contributed by atoms with Crippen LogP contribution < -0.4 is 9.47 Å². The fraction of sp³-hybridized carbons (Fsp3) is 0.278. The molecule has 0 aliphatic carbocycles. The monoisotopic (exact) mass is 300 g/mol. The molecule has 2 aromatic carbocycles. The number of phenolic OH excluding ortho intramolecular Hbond substituents is 1. The van der Waals surface area contributed by atoms with E-state index in [0.29, 0.717) is 11.3 Å². The highest BCUT2D eigenvalue weighted by Gasteiger charge is 2.13. The number of hydrogen-bond acceptors (Lipinski definition) is 4. The van der Waals surface area contributed by atoms with Crippen LogP contribution in [0, 0.1) is 0 Å². The van der Waals surface area contributed by atoms with Gasteiger partial charge in [0, 0.05) is 12.5 Å². The molecule has 4 nitrogen and oxygen atoms in total. The van der Waals surface area contributed by atoms with Crippen molar-refractivity contribution in [3.05, 3.63) is 53.6 Å². The summed E-state index contributed by atoms with van der Waals surface area (Å²) in [6, 6.07) is 12.1. The number of rotatable bonds is 6. The molecule has 1 N–H and O–H groups in total. The number of aromatic hydroxyl groups is 1. The first kappa shape index (κ1) is 15.9. The highest BCUT2D eigenvalue weighted by Crippen LogP contribution is 2.26. The van der Waals surface area contributed by atoms with E-state index >= 15 is 0 Å². The second kappa shape index (κ2) is 6.98. The minimum absolute atomic E-state index is 0.0141. The van der Waals surface area contributed by atoms with Crippen molar-refractivity contribution in [1.82, 2.24) is 0 Å². The van der Waals surface area contributed by atoms with E-state index in [2.05, 4.69) is 0 Å². The first-order valence-corrected chi connectivity index (χ1v) is 7.15. The lowest BCUT2D eigenvalue weighted by molar-refractivity contribution is 0.0990. The molecular formula is C18H20O4.